The minimum Gasteiger partial charge on any atom is -0.480 e. The number of carbonyl (C=O) groups is 2. The number of hydrogen-bond donors (Lipinski definition) is 5. The van der Waals surface area contributed by atoms with Gasteiger partial charge >= 0.3 is 13.1 Å². The molecule has 0 aliphatic carbocycles. The second-order valence-electron chi connectivity index (χ2n) is 8.40. The third-order valence-electron chi connectivity index (χ3n) is 5.91. The molecular formula is C20H29BN4O5. The lowest BCUT2D eigenvalue weighted by Gasteiger charge is -2.42. The number of carboxylic acid groups (broad SMARTS) is 1. The molecule has 1 aliphatic heterocycles. The zero-order valence-electron chi connectivity index (χ0n) is 17.1. The van der Waals surface area contributed by atoms with Crippen molar-refractivity contribution in [2.45, 2.75) is 37.2 Å². The summed E-state index contributed by atoms with van der Waals surface area (Å²) in [6, 6.07) is 7.01. The standard InChI is InChI=1S/C20H29BN4O5/c1-24-11-14(15-4-2-3-5-17(15)24)8-16(22)18(26)25-10-13(6-7-21(29)30)9-20(23,12-25)19(27)28/h2-5,11,13,16,29-30H,6-10,12,22-23H2,1H3,(H,27,28)/t13-,16?,20+/m0/s1. The highest BCUT2D eigenvalue weighted by atomic mass is 16.4. The number of para-hydroxylation sites is 1. The largest absolute Gasteiger partial charge is 0.480 e. The molecule has 1 amide bonds. The Kier molecular flexibility index (Phi) is 6.51. The Morgan fingerprint density at radius 1 is 1.33 bits per heavy atom. The van der Waals surface area contributed by atoms with E-state index in [2.05, 4.69) is 0 Å². The summed E-state index contributed by atoms with van der Waals surface area (Å²) in [7, 11) is 0.446. The number of amides is 1. The van der Waals surface area contributed by atoms with Crippen LogP contribution in [0, 0.1) is 5.92 Å². The number of fused-ring (bicyclic) bond motifs is 1. The lowest BCUT2D eigenvalue weighted by Crippen LogP contribution is -2.64. The zero-order valence-corrected chi connectivity index (χ0v) is 17.1. The van der Waals surface area contributed by atoms with Gasteiger partial charge in [-0.1, -0.05) is 24.6 Å². The van der Waals surface area contributed by atoms with E-state index in [1.807, 2.05) is 42.1 Å². The fraction of sp³-hybridized carbons (Fsp3) is 0.500. The number of piperidine rings is 1. The Hall–Kier alpha value is -2.40. The first-order valence-electron chi connectivity index (χ1n) is 10.1. The lowest BCUT2D eigenvalue weighted by atomic mass is 9.75. The van der Waals surface area contributed by atoms with E-state index < -0.39 is 24.7 Å². The lowest BCUT2D eigenvalue weighted by molar-refractivity contribution is -0.149. The van der Waals surface area contributed by atoms with Crippen molar-refractivity contribution in [1.82, 2.24) is 9.47 Å². The van der Waals surface area contributed by atoms with Crippen LogP contribution in [-0.2, 0) is 23.1 Å². The topological polar surface area (TPSA) is 155 Å². The molecule has 1 aliphatic rings. The van der Waals surface area contributed by atoms with E-state index >= 15 is 0 Å². The molecule has 10 heteroatoms. The predicted octanol–water partition coefficient (Wildman–Crippen LogP) is -0.458. The third-order valence-corrected chi connectivity index (χ3v) is 5.91. The van der Waals surface area contributed by atoms with E-state index in [0.29, 0.717) is 19.4 Å². The number of likely N-dealkylation sites (tertiary alicyclic amines) is 1. The Labute approximate surface area is 175 Å². The molecule has 1 unspecified atom stereocenters. The summed E-state index contributed by atoms with van der Waals surface area (Å²) in [6.07, 6.45) is 2.87. The van der Waals surface area contributed by atoms with Crippen LogP contribution in [0.15, 0.2) is 30.5 Å². The maximum Gasteiger partial charge on any atom is 0.451 e. The highest BCUT2D eigenvalue weighted by Gasteiger charge is 2.44. The molecule has 0 spiro atoms. The summed E-state index contributed by atoms with van der Waals surface area (Å²) in [4.78, 5) is 26.2. The molecule has 1 saturated heterocycles. The van der Waals surface area contributed by atoms with Gasteiger partial charge in [0.05, 0.1) is 6.04 Å². The molecule has 3 rings (SSSR count). The first-order chi connectivity index (χ1) is 14.1. The van der Waals surface area contributed by atoms with Crippen molar-refractivity contribution in [3.05, 3.63) is 36.0 Å². The summed E-state index contributed by atoms with van der Waals surface area (Å²) in [5, 5.41) is 28.9. The van der Waals surface area contributed by atoms with Gasteiger partial charge in [0.25, 0.3) is 0 Å². The van der Waals surface area contributed by atoms with Crippen LogP contribution >= 0.6 is 0 Å². The van der Waals surface area contributed by atoms with Gasteiger partial charge in [-0.25, -0.2) is 0 Å². The fourth-order valence-corrected chi connectivity index (χ4v) is 4.41. The summed E-state index contributed by atoms with van der Waals surface area (Å²) >= 11 is 0. The maximum absolute atomic E-state index is 13.1. The van der Waals surface area contributed by atoms with Crippen molar-refractivity contribution in [3.63, 3.8) is 0 Å². The van der Waals surface area contributed by atoms with Gasteiger partial charge in [0.2, 0.25) is 5.91 Å². The van der Waals surface area contributed by atoms with Gasteiger partial charge in [0.15, 0.2) is 0 Å². The molecule has 162 valence electrons. The van der Waals surface area contributed by atoms with Crippen LogP contribution in [-0.4, -0.2) is 68.3 Å². The predicted molar refractivity (Wildman–Crippen MR) is 113 cm³/mol. The normalized spacial score (nSPS) is 22.8. The van der Waals surface area contributed by atoms with Crippen molar-refractivity contribution in [2.24, 2.45) is 24.4 Å². The number of aryl methyl sites for hydroxylation is 1. The molecule has 9 nitrogen and oxygen atoms in total. The molecular weight excluding hydrogens is 387 g/mol. The minimum atomic E-state index is -1.59. The molecule has 3 atom stereocenters. The molecule has 1 fully saturated rings. The van der Waals surface area contributed by atoms with E-state index in [4.69, 9.17) is 21.5 Å². The van der Waals surface area contributed by atoms with Gasteiger partial charge in [-0.3, -0.25) is 9.59 Å². The zero-order chi connectivity index (χ0) is 22.1. The molecule has 0 saturated carbocycles. The van der Waals surface area contributed by atoms with Crippen LogP contribution in [0.1, 0.15) is 18.4 Å². The first kappa shape index (κ1) is 22.3. The van der Waals surface area contributed by atoms with Crippen molar-refractivity contribution < 1.29 is 24.7 Å². The fourth-order valence-electron chi connectivity index (χ4n) is 4.41. The number of nitrogens with zero attached hydrogens (tertiary/aromatic N) is 2. The number of hydrogen-bond acceptors (Lipinski definition) is 6. The minimum absolute atomic E-state index is 0.0878. The smallest absolute Gasteiger partial charge is 0.451 e. The number of carbonyl (C=O) groups excluding carboxylic acids is 1. The number of carboxylic acids is 1. The van der Waals surface area contributed by atoms with Crippen molar-refractivity contribution >= 4 is 29.9 Å². The Morgan fingerprint density at radius 2 is 2.03 bits per heavy atom. The van der Waals surface area contributed by atoms with Crippen molar-refractivity contribution in [1.29, 1.82) is 0 Å². The second kappa shape index (κ2) is 8.77. The van der Waals surface area contributed by atoms with Gasteiger partial charge in [0, 0.05) is 37.2 Å². The van der Waals surface area contributed by atoms with Gasteiger partial charge in [-0.15, -0.1) is 0 Å². The summed E-state index contributed by atoms with van der Waals surface area (Å²) in [6.45, 7) is 0.170. The van der Waals surface area contributed by atoms with Gasteiger partial charge in [-0.05, 0) is 36.7 Å². The van der Waals surface area contributed by atoms with Crippen LogP contribution in [0.5, 0.6) is 0 Å². The molecule has 1 aromatic carbocycles. The second-order valence-corrected chi connectivity index (χ2v) is 8.40. The van der Waals surface area contributed by atoms with E-state index in [1.54, 1.807) is 0 Å². The Bertz CT molecular complexity index is 933. The van der Waals surface area contributed by atoms with Gasteiger partial charge in [0.1, 0.15) is 5.54 Å². The number of benzene rings is 1. The SMILES string of the molecule is Cn1cc(CC(N)C(=O)N2C[C@@H](CCB(O)O)C[C@](N)(C(=O)O)C2)c2ccccc21. The average molecular weight is 416 g/mol. The molecule has 2 aromatic rings. The van der Waals surface area contributed by atoms with Crippen molar-refractivity contribution in [3.8, 4) is 0 Å². The van der Waals surface area contributed by atoms with Crippen molar-refractivity contribution in [2.75, 3.05) is 13.1 Å². The van der Waals surface area contributed by atoms with E-state index in [9.17, 15) is 14.7 Å². The Morgan fingerprint density at radius 3 is 2.70 bits per heavy atom. The molecule has 7 N–H and O–H groups in total. The van der Waals surface area contributed by atoms with Crippen LogP contribution in [0.4, 0.5) is 0 Å². The van der Waals surface area contributed by atoms with Crippen LogP contribution in [0.3, 0.4) is 0 Å². The molecule has 1 aromatic heterocycles. The monoisotopic (exact) mass is 416 g/mol. The highest BCUT2D eigenvalue weighted by molar-refractivity contribution is 6.40. The Balaban J connectivity index is 1.76. The quantitative estimate of drug-likeness (QED) is 0.383. The van der Waals surface area contributed by atoms with Crippen LogP contribution < -0.4 is 11.5 Å². The molecule has 0 bridgehead atoms. The van der Waals surface area contributed by atoms with Gasteiger partial charge in [-0.2, -0.15) is 0 Å². The average Bonchev–Trinajstić information content (AvgIpc) is 3.01. The molecule has 30 heavy (non-hydrogen) atoms. The summed E-state index contributed by atoms with van der Waals surface area (Å²) in [5.41, 5.74) is 12.7. The third kappa shape index (κ3) is 4.67. The van der Waals surface area contributed by atoms with Gasteiger partial charge < -0.3 is 36.1 Å². The molecule has 2 heterocycles. The maximum atomic E-state index is 13.1. The van der Waals surface area contributed by atoms with E-state index in [0.717, 1.165) is 16.5 Å². The number of nitrogens with two attached hydrogens (primary N) is 2. The van der Waals surface area contributed by atoms with E-state index in [-0.39, 0.29) is 31.1 Å². The van der Waals surface area contributed by atoms with Crippen LogP contribution in [0.25, 0.3) is 10.9 Å². The first-order valence-corrected chi connectivity index (χ1v) is 10.1. The highest BCUT2D eigenvalue weighted by Crippen LogP contribution is 2.29. The molecule has 0 radical (unpaired) electrons. The number of aromatic nitrogens is 1. The van der Waals surface area contributed by atoms with Crippen LogP contribution in [0.2, 0.25) is 6.32 Å². The summed E-state index contributed by atoms with van der Waals surface area (Å²) < 4.78 is 1.98. The summed E-state index contributed by atoms with van der Waals surface area (Å²) in [5.74, 6) is -1.79. The number of aliphatic carboxylic acids is 1. The van der Waals surface area contributed by atoms with E-state index in [1.165, 1.54) is 4.90 Å². The number of rotatable bonds is 7.